The maximum Gasteiger partial charge on any atom is 0.255 e. The van der Waals surface area contributed by atoms with Gasteiger partial charge in [0.25, 0.3) is 5.91 Å². The highest BCUT2D eigenvalue weighted by Gasteiger charge is 2.27. The molecule has 1 saturated carbocycles. The summed E-state index contributed by atoms with van der Waals surface area (Å²) < 4.78 is 13.0. The highest BCUT2D eigenvalue weighted by molar-refractivity contribution is 5.98. The van der Waals surface area contributed by atoms with Crippen molar-refractivity contribution in [2.75, 3.05) is 25.4 Å². The molecule has 0 atom stereocenters. The van der Waals surface area contributed by atoms with E-state index in [1.807, 2.05) is 0 Å². The summed E-state index contributed by atoms with van der Waals surface area (Å²) in [6, 6.07) is 1.78. The number of rotatable bonds is 6. The van der Waals surface area contributed by atoms with Crippen molar-refractivity contribution in [1.29, 1.82) is 0 Å². The lowest BCUT2D eigenvalue weighted by atomic mass is 10.2. The van der Waals surface area contributed by atoms with Gasteiger partial charge in [0, 0.05) is 19.1 Å². The lowest BCUT2D eigenvalue weighted by molar-refractivity contribution is 0.0948. The van der Waals surface area contributed by atoms with Crippen molar-refractivity contribution in [2.45, 2.75) is 25.8 Å². The van der Waals surface area contributed by atoms with E-state index in [1.54, 1.807) is 0 Å². The first-order valence-corrected chi connectivity index (χ1v) is 6.55. The van der Waals surface area contributed by atoms with Crippen LogP contribution in [0.3, 0.4) is 0 Å². The van der Waals surface area contributed by atoms with Crippen LogP contribution in [-0.4, -0.2) is 41.5 Å². The molecule has 1 aromatic heterocycles. The molecular weight excluding hydrogens is 247 g/mol. The zero-order valence-electron chi connectivity index (χ0n) is 11.0. The number of carbonyl (C=O) groups is 1. The van der Waals surface area contributed by atoms with Crippen molar-refractivity contribution < 1.29 is 9.18 Å². The van der Waals surface area contributed by atoms with Crippen LogP contribution in [0.1, 0.15) is 30.1 Å². The fourth-order valence-electron chi connectivity index (χ4n) is 2.08. The van der Waals surface area contributed by atoms with Crippen LogP contribution in [0.2, 0.25) is 0 Å². The maximum absolute atomic E-state index is 13.0. The van der Waals surface area contributed by atoms with E-state index in [-0.39, 0.29) is 17.3 Å². The van der Waals surface area contributed by atoms with Gasteiger partial charge in [-0.2, -0.15) is 0 Å². The highest BCUT2D eigenvalue weighted by Crippen LogP contribution is 2.25. The normalized spacial score (nSPS) is 14.7. The predicted octanol–water partition coefficient (Wildman–Crippen LogP) is 1.02. The zero-order chi connectivity index (χ0) is 13.8. The van der Waals surface area contributed by atoms with Gasteiger partial charge in [0.1, 0.15) is 11.6 Å². The summed E-state index contributed by atoms with van der Waals surface area (Å²) in [4.78, 5) is 17.8. The third-order valence-corrected chi connectivity index (χ3v) is 3.28. The molecule has 0 bridgehead atoms. The number of nitrogens with one attached hydrogen (secondary N) is 1. The molecular formula is C13H19FN4O. The fourth-order valence-corrected chi connectivity index (χ4v) is 2.08. The van der Waals surface area contributed by atoms with Gasteiger partial charge in [0.15, 0.2) is 0 Å². The van der Waals surface area contributed by atoms with Crippen LogP contribution in [0.25, 0.3) is 0 Å². The van der Waals surface area contributed by atoms with Gasteiger partial charge in [0.05, 0.1) is 11.8 Å². The summed E-state index contributed by atoms with van der Waals surface area (Å²) in [7, 11) is 0. The number of nitrogens with zero attached hydrogens (tertiary/aromatic N) is 2. The van der Waals surface area contributed by atoms with Gasteiger partial charge >= 0.3 is 0 Å². The number of pyridine rings is 1. The number of likely N-dealkylation sites (N-methyl/N-ethyl adjacent to an activating group) is 1. The van der Waals surface area contributed by atoms with E-state index in [0.717, 1.165) is 25.4 Å². The molecule has 1 fully saturated rings. The molecule has 1 aromatic rings. The Labute approximate surface area is 112 Å². The summed E-state index contributed by atoms with van der Waals surface area (Å²) in [5, 5.41) is 2.75. The second kappa shape index (κ2) is 5.97. The molecule has 0 aliphatic heterocycles. The summed E-state index contributed by atoms with van der Waals surface area (Å²) in [5.41, 5.74) is 5.65. The van der Waals surface area contributed by atoms with Gasteiger partial charge in [0.2, 0.25) is 0 Å². The number of halogens is 1. The summed E-state index contributed by atoms with van der Waals surface area (Å²) in [6.45, 7) is 4.41. The average molecular weight is 266 g/mol. The van der Waals surface area contributed by atoms with Crippen molar-refractivity contribution in [3.8, 4) is 0 Å². The molecule has 0 aromatic carbocycles. The first-order chi connectivity index (χ1) is 9.11. The number of amides is 1. The van der Waals surface area contributed by atoms with E-state index >= 15 is 0 Å². The number of hydrogen-bond donors (Lipinski definition) is 2. The Morgan fingerprint density at radius 1 is 1.63 bits per heavy atom. The maximum atomic E-state index is 13.0. The second-order valence-corrected chi connectivity index (χ2v) is 4.70. The molecule has 1 heterocycles. The SMILES string of the molecule is CCN(CCNC(=O)c1cc(F)cnc1N)C1CC1. The number of nitrogens with two attached hydrogens (primary N) is 1. The predicted molar refractivity (Wildman–Crippen MR) is 71.2 cm³/mol. The molecule has 1 amide bonds. The van der Waals surface area contributed by atoms with Gasteiger partial charge in [-0.1, -0.05) is 6.92 Å². The number of carbonyl (C=O) groups excluding carboxylic acids is 1. The van der Waals surface area contributed by atoms with Crippen LogP contribution in [0, 0.1) is 5.82 Å². The van der Waals surface area contributed by atoms with Crippen LogP contribution in [-0.2, 0) is 0 Å². The smallest absolute Gasteiger partial charge is 0.255 e. The molecule has 1 aliphatic carbocycles. The topological polar surface area (TPSA) is 71.2 Å². The minimum absolute atomic E-state index is 0.0495. The Morgan fingerprint density at radius 3 is 3.00 bits per heavy atom. The highest BCUT2D eigenvalue weighted by atomic mass is 19.1. The van der Waals surface area contributed by atoms with Crippen LogP contribution in [0.5, 0.6) is 0 Å². The minimum Gasteiger partial charge on any atom is -0.383 e. The summed E-state index contributed by atoms with van der Waals surface area (Å²) in [6.07, 6.45) is 3.48. The number of anilines is 1. The largest absolute Gasteiger partial charge is 0.383 e. The lowest BCUT2D eigenvalue weighted by Gasteiger charge is -2.19. The molecule has 104 valence electrons. The van der Waals surface area contributed by atoms with Crippen molar-refractivity contribution >= 4 is 11.7 Å². The van der Waals surface area contributed by atoms with Crippen molar-refractivity contribution in [1.82, 2.24) is 15.2 Å². The van der Waals surface area contributed by atoms with E-state index in [1.165, 1.54) is 12.8 Å². The molecule has 3 N–H and O–H groups in total. The monoisotopic (exact) mass is 266 g/mol. The first kappa shape index (κ1) is 13.7. The molecule has 0 unspecified atom stereocenters. The molecule has 0 spiro atoms. The number of nitrogen functional groups attached to an aromatic ring is 1. The Morgan fingerprint density at radius 2 is 2.37 bits per heavy atom. The molecule has 0 saturated heterocycles. The molecule has 2 rings (SSSR count). The van der Waals surface area contributed by atoms with Crippen LogP contribution >= 0.6 is 0 Å². The van der Waals surface area contributed by atoms with E-state index < -0.39 is 5.82 Å². The van der Waals surface area contributed by atoms with Crippen molar-refractivity contribution in [3.63, 3.8) is 0 Å². The molecule has 19 heavy (non-hydrogen) atoms. The fraction of sp³-hybridized carbons (Fsp3) is 0.538. The van der Waals surface area contributed by atoms with Gasteiger partial charge in [-0.25, -0.2) is 9.37 Å². The standard InChI is InChI=1S/C13H19FN4O/c1-2-18(10-3-4-10)6-5-16-13(19)11-7-9(14)8-17-12(11)15/h7-8,10H,2-6H2,1H3,(H2,15,17)(H,16,19). The Balaban J connectivity index is 1.85. The van der Waals surface area contributed by atoms with E-state index in [9.17, 15) is 9.18 Å². The van der Waals surface area contributed by atoms with E-state index in [4.69, 9.17) is 5.73 Å². The van der Waals surface area contributed by atoms with Crippen molar-refractivity contribution in [2.24, 2.45) is 0 Å². The molecule has 5 nitrogen and oxygen atoms in total. The Kier molecular flexibility index (Phi) is 4.31. The third-order valence-electron chi connectivity index (χ3n) is 3.28. The van der Waals surface area contributed by atoms with Gasteiger partial charge in [-0.3, -0.25) is 9.69 Å². The first-order valence-electron chi connectivity index (χ1n) is 6.55. The number of hydrogen-bond acceptors (Lipinski definition) is 4. The molecule has 1 aliphatic rings. The Hall–Kier alpha value is -1.69. The van der Waals surface area contributed by atoms with E-state index in [0.29, 0.717) is 12.6 Å². The quantitative estimate of drug-likeness (QED) is 0.806. The zero-order valence-corrected chi connectivity index (χ0v) is 11.0. The van der Waals surface area contributed by atoms with E-state index in [2.05, 4.69) is 22.1 Å². The van der Waals surface area contributed by atoms with Crippen LogP contribution < -0.4 is 11.1 Å². The van der Waals surface area contributed by atoms with Crippen molar-refractivity contribution in [3.05, 3.63) is 23.6 Å². The minimum atomic E-state index is -0.562. The number of aromatic nitrogens is 1. The van der Waals surface area contributed by atoms with Gasteiger partial charge in [-0.15, -0.1) is 0 Å². The second-order valence-electron chi connectivity index (χ2n) is 4.70. The summed E-state index contributed by atoms with van der Waals surface area (Å²) >= 11 is 0. The molecule has 6 heteroatoms. The van der Waals surface area contributed by atoms with Gasteiger partial charge < -0.3 is 11.1 Å². The Bertz CT molecular complexity index is 462. The third kappa shape index (κ3) is 3.64. The van der Waals surface area contributed by atoms with Crippen LogP contribution in [0.15, 0.2) is 12.3 Å². The lowest BCUT2D eigenvalue weighted by Crippen LogP contribution is -2.36. The molecule has 0 radical (unpaired) electrons. The average Bonchev–Trinajstić information content (AvgIpc) is 3.21. The van der Waals surface area contributed by atoms with Gasteiger partial charge in [-0.05, 0) is 25.5 Å². The summed E-state index contributed by atoms with van der Waals surface area (Å²) in [5.74, 6) is -0.891. The van der Waals surface area contributed by atoms with Crippen LogP contribution in [0.4, 0.5) is 10.2 Å².